The molecule has 1 aliphatic rings. The fraction of sp³-hybridized carbons (Fsp3) is 0.781. The molecule has 1 aromatic rings. The van der Waals surface area contributed by atoms with E-state index in [4.69, 9.17) is 4.74 Å². The molecule has 2 rings (SSSR count). The highest BCUT2D eigenvalue weighted by Gasteiger charge is 2.37. The van der Waals surface area contributed by atoms with Gasteiger partial charge in [-0.3, -0.25) is 4.79 Å². The van der Waals surface area contributed by atoms with Gasteiger partial charge in [-0.25, -0.2) is 0 Å². The first-order valence-corrected chi connectivity index (χ1v) is 15.2. The first-order valence-electron chi connectivity index (χ1n) is 15.2. The predicted octanol–water partition coefficient (Wildman–Crippen LogP) is 9.24. The fourth-order valence-electron chi connectivity index (χ4n) is 5.46. The molecule has 0 spiro atoms. The maximum Gasteiger partial charge on any atom is 0.306 e. The molecule has 0 radical (unpaired) electrons. The maximum absolute atomic E-state index is 12.6. The number of hydrogen-bond acceptors (Lipinski definition) is 3. The highest BCUT2D eigenvalue weighted by Crippen LogP contribution is 2.35. The van der Waals surface area contributed by atoms with Crippen LogP contribution in [0.4, 0.5) is 0 Å². The lowest BCUT2D eigenvalue weighted by atomic mass is 9.84. The molecule has 3 nitrogen and oxygen atoms in total. The van der Waals surface area contributed by atoms with Gasteiger partial charge in [0, 0.05) is 19.3 Å². The minimum Gasteiger partial charge on any atom is -0.454 e. The molecule has 0 aromatic heterocycles. The van der Waals surface area contributed by atoms with Gasteiger partial charge in [0.1, 0.15) is 5.60 Å². The van der Waals surface area contributed by atoms with Crippen molar-refractivity contribution < 1.29 is 9.53 Å². The predicted molar refractivity (Wildman–Crippen MR) is 150 cm³/mol. The molecule has 1 heterocycles. The smallest absolute Gasteiger partial charge is 0.306 e. The van der Waals surface area contributed by atoms with E-state index in [2.05, 4.69) is 24.4 Å². The van der Waals surface area contributed by atoms with Crippen LogP contribution in [0.2, 0.25) is 0 Å². The molecular weight excluding hydrogens is 430 g/mol. The van der Waals surface area contributed by atoms with E-state index in [-0.39, 0.29) is 5.97 Å². The maximum atomic E-state index is 12.6. The third-order valence-electron chi connectivity index (χ3n) is 7.75. The number of carbonyl (C=O) groups excluding carboxylic acids is 1. The summed E-state index contributed by atoms with van der Waals surface area (Å²) in [5.74, 6) is -0.0211. The van der Waals surface area contributed by atoms with E-state index in [1.54, 1.807) is 0 Å². The van der Waals surface area contributed by atoms with Crippen LogP contribution in [0.15, 0.2) is 30.3 Å². The first kappa shape index (κ1) is 29.9. The van der Waals surface area contributed by atoms with Gasteiger partial charge in [0.25, 0.3) is 0 Å². The van der Waals surface area contributed by atoms with Crippen molar-refractivity contribution in [2.45, 2.75) is 147 Å². The van der Waals surface area contributed by atoms with Crippen LogP contribution >= 0.6 is 0 Å². The molecule has 0 unspecified atom stereocenters. The third-order valence-corrected chi connectivity index (χ3v) is 7.75. The molecule has 3 heteroatoms. The lowest BCUT2D eigenvalue weighted by Crippen LogP contribution is -2.43. The van der Waals surface area contributed by atoms with Gasteiger partial charge in [-0.2, -0.15) is 0 Å². The van der Waals surface area contributed by atoms with E-state index in [9.17, 15) is 4.79 Å². The quantitative estimate of drug-likeness (QED) is 0.139. The average molecular weight is 486 g/mol. The summed E-state index contributed by atoms with van der Waals surface area (Å²) in [5, 5.41) is 3.40. The average Bonchev–Trinajstić information content (AvgIpc) is 2.89. The summed E-state index contributed by atoms with van der Waals surface area (Å²) < 4.78 is 6.12. The van der Waals surface area contributed by atoms with Gasteiger partial charge in [0.2, 0.25) is 0 Å². The number of rotatable bonds is 21. The Hall–Kier alpha value is -1.35. The lowest BCUT2D eigenvalue weighted by Gasteiger charge is -2.37. The number of piperidine rings is 1. The van der Waals surface area contributed by atoms with Crippen molar-refractivity contribution in [3.05, 3.63) is 35.9 Å². The van der Waals surface area contributed by atoms with E-state index >= 15 is 0 Å². The zero-order chi connectivity index (χ0) is 24.9. The Kier molecular flexibility index (Phi) is 16.9. The Balaban J connectivity index is 1.40. The van der Waals surface area contributed by atoms with Crippen LogP contribution in [0.5, 0.6) is 0 Å². The third kappa shape index (κ3) is 13.5. The molecule has 0 atom stereocenters. The minimum atomic E-state index is -0.433. The number of unbranched alkanes of at least 4 members (excludes halogenated alkanes) is 17. The number of carbonyl (C=O) groups is 1. The van der Waals surface area contributed by atoms with Crippen molar-refractivity contribution in [3.8, 4) is 0 Å². The van der Waals surface area contributed by atoms with Crippen molar-refractivity contribution in [1.82, 2.24) is 5.32 Å². The standard InChI is InChI=1S/C32H55NO2/c1-2-3-4-5-6-7-8-9-10-11-12-13-14-15-16-17-18-22-25-31(34)35-32(26-28-33-29-27-32)30-23-20-19-21-24-30/h19-21,23-24,33H,2-18,22,25-29H2,1H3. The first-order chi connectivity index (χ1) is 17.3. The highest BCUT2D eigenvalue weighted by atomic mass is 16.6. The number of hydrogen-bond donors (Lipinski definition) is 1. The molecule has 1 fully saturated rings. The lowest BCUT2D eigenvalue weighted by molar-refractivity contribution is -0.164. The second-order valence-corrected chi connectivity index (χ2v) is 10.8. The van der Waals surface area contributed by atoms with Gasteiger partial charge in [0.15, 0.2) is 0 Å². The van der Waals surface area contributed by atoms with Crippen molar-refractivity contribution in [2.75, 3.05) is 13.1 Å². The molecule has 0 aliphatic carbocycles. The molecule has 35 heavy (non-hydrogen) atoms. The van der Waals surface area contributed by atoms with E-state index in [0.29, 0.717) is 6.42 Å². The van der Waals surface area contributed by atoms with Gasteiger partial charge in [0.05, 0.1) is 0 Å². The summed E-state index contributed by atoms with van der Waals surface area (Å²) in [6.45, 7) is 4.10. The van der Waals surface area contributed by atoms with E-state index in [1.807, 2.05) is 18.2 Å². The van der Waals surface area contributed by atoms with Crippen molar-refractivity contribution in [1.29, 1.82) is 0 Å². The highest BCUT2D eigenvalue weighted by molar-refractivity contribution is 5.70. The van der Waals surface area contributed by atoms with Crippen LogP contribution in [0.1, 0.15) is 147 Å². The van der Waals surface area contributed by atoms with Crippen molar-refractivity contribution in [3.63, 3.8) is 0 Å². The molecule has 0 saturated carbocycles. The van der Waals surface area contributed by atoms with Crippen LogP contribution in [-0.2, 0) is 15.1 Å². The summed E-state index contributed by atoms with van der Waals surface area (Å²) >= 11 is 0. The van der Waals surface area contributed by atoms with Crippen LogP contribution in [0.25, 0.3) is 0 Å². The normalized spacial score (nSPS) is 15.2. The molecule has 200 valence electrons. The number of nitrogens with one attached hydrogen (secondary N) is 1. The van der Waals surface area contributed by atoms with Gasteiger partial charge >= 0.3 is 5.97 Å². The second kappa shape index (κ2) is 19.8. The summed E-state index contributed by atoms with van der Waals surface area (Å²) in [5.41, 5.74) is 0.713. The Morgan fingerprint density at radius 3 is 1.57 bits per heavy atom. The van der Waals surface area contributed by atoms with Crippen LogP contribution in [0, 0.1) is 0 Å². The summed E-state index contributed by atoms with van der Waals surface area (Å²) in [7, 11) is 0. The van der Waals surface area contributed by atoms with Gasteiger partial charge in [-0.1, -0.05) is 146 Å². The Bertz CT molecular complexity index is 624. The van der Waals surface area contributed by atoms with Crippen LogP contribution in [-0.4, -0.2) is 19.1 Å². The summed E-state index contributed by atoms with van der Waals surface area (Å²) in [4.78, 5) is 12.6. The summed E-state index contributed by atoms with van der Waals surface area (Å²) in [6, 6.07) is 10.3. The zero-order valence-electron chi connectivity index (χ0n) is 23.0. The van der Waals surface area contributed by atoms with Gasteiger partial charge in [-0.15, -0.1) is 0 Å². The van der Waals surface area contributed by atoms with Gasteiger partial charge in [-0.05, 0) is 25.1 Å². The molecule has 1 aromatic carbocycles. The molecule has 1 aliphatic heterocycles. The van der Waals surface area contributed by atoms with E-state index in [0.717, 1.165) is 44.3 Å². The number of esters is 1. The van der Waals surface area contributed by atoms with E-state index < -0.39 is 5.60 Å². The Morgan fingerprint density at radius 2 is 1.11 bits per heavy atom. The topological polar surface area (TPSA) is 38.3 Å². The Morgan fingerprint density at radius 1 is 0.686 bits per heavy atom. The zero-order valence-corrected chi connectivity index (χ0v) is 23.0. The fourth-order valence-corrected chi connectivity index (χ4v) is 5.46. The SMILES string of the molecule is CCCCCCCCCCCCCCCCCCCCC(=O)OC1(c2ccccc2)CCNCC1. The largest absolute Gasteiger partial charge is 0.454 e. The Labute approximate surface area is 217 Å². The second-order valence-electron chi connectivity index (χ2n) is 10.8. The molecular formula is C32H55NO2. The van der Waals surface area contributed by atoms with Crippen LogP contribution in [0.3, 0.4) is 0 Å². The van der Waals surface area contributed by atoms with Gasteiger partial charge < -0.3 is 10.1 Å². The monoisotopic (exact) mass is 485 g/mol. The van der Waals surface area contributed by atoms with E-state index in [1.165, 1.54) is 103 Å². The van der Waals surface area contributed by atoms with Crippen molar-refractivity contribution in [2.24, 2.45) is 0 Å². The molecule has 1 N–H and O–H groups in total. The molecule has 0 amide bonds. The number of ether oxygens (including phenoxy) is 1. The van der Waals surface area contributed by atoms with Crippen LogP contribution < -0.4 is 5.32 Å². The number of benzene rings is 1. The van der Waals surface area contributed by atoms with Crippen molar-refractivity contribution >= 4 is 5.97 Å². The molecule has 0 bridgehead atoms. The molecule has 1 saturated heterocycles. The summed E-state index contributed by atoms with van der Waals surface area (Å²) in [6.07, 6.45) is 26.8. The minimum absolute atomic E-state index is 0.0211.